The fourth-order valence-electron chi connectivity index (χ4n) is 2.93. The highest BCUT2D eigenvalue weighted by Crippen LogP contribution is 2.29. The highest BCUT2D eigenvalue weighted by atomic mass is 15.3. The summed E-state index contributed by atoms with van der Waals surface area (Å²) in [7, 11) is 0. The van der Waals surface area contributed by atoms with Crippen LogP contribution in [0.2, 0.25) is 0 Å². The predicted octanol–water partition coefficient (Wildman–Crippen LogP) is 1.22. The van der Waals surface area contributed by atoms with E-state index in [-0.39, 0.29) is 0 Å². The van der Waals surface area contributed by atoms with E-state index in [9.17, 15) is 0 Å². The number of hydrogen-bond donors (Lipinski definition) is 2. The van der Waals surface area contributed by atoms with Gasteiger partial charge in [-0.2, -0.15) is 5.10 Å². The molecule has 88 valence electrons. The van der Waals surface area contributed by atoms with E-state index >= 15 is 0 Å². The SMILES string of the molecule is NC1CCCN(c2n[nH]c3c2CCCC3)C1. The number of nitrogens with two attached hydrogens (primary N) is 1. The molecule has 2 aliphatic rings. The summed E-state index contributed by atoms with van der Waals surface area (Å²) >= 11 is 0. The number of fused-ring (bicyclic) bond motifs is 1. The van der Waals surface area contributed by atoms with Crippen LogP contribution in [0.1, 0.15) is 36.9 Å². The van der Waals surface area contributed by atoms with Crippen molar-refractivity contribution < 1.29 is 0 Å². The monoisotopic (exact) mass is 220 g/mol. The number of H-pyrrole nitrogens is 1. The summed E-state index contributed by atoms with van der Waals surface area (Å²) < 4.78 is 0. The first-order valence-electron chi connectivity index (χ1n) is 6.41. The van der Waals surface area contributed by atoms with Crippen LogP contribution in [-0.4, -0.2) is 29.3 Å². The number of nitrogens with zero attached hydrogens (tertiary/aromatic N) is 2. The second kappa shape index (κ2) is 4.09. The standard InChI is InChI=1S/C12H20N4/c13-9-4-3-7-16(8-9)12-10-5-1-2-6-11(10)14-15-12/h9H,1-8,13H2,(H,14,15). The van der Waals surface area contributed by atoms with Gasteiger partial charge in [-0.25, -0.2) is 0 Å². The Hall–Kier alpha value is -1.03. The third kappa shape index (κ3) is 1.71. The van der Waals surface area contributed by atoms with Gasteiger partial charge in [0, 0.05) is 30.4 Å². The van der Waals surface area contributed by atoms with Gasteiger partial charge in [-0.15, -0.1) is 0 Å². The number of piperidine rings is 1. The molecule has 0 radical (unpaired) electrons. The lowest BCUT2D eigenvalue weighted by Gasteiger charge is -2.32. The van der Waals surface area contributed by atoms with Crippen molar-refractivity contribution >= 4 is 5.82 Å². The van der Waals surface area contributed by atoms with E-state index in [1.54, 1.807) is 0 Å². The molecule has 4 nitrogen and oxygen atoms in total. The molecule has 0 saturated carbocycles. The summed E-state index contributed by atoms with van der Waals surface area (Å²) in [5.41, 5.74) is 8.85. The molecule has 1 aliphatic carbocycles. The predicted molar refractivity (Wildman–Crippen MR) is 64.7 cm³/mol. The Morgan fingerprint density at radius 2 is 2.12 bits per heavy atom. The van der Waals surface area contributed by atoms with Crippen LogP contribution >= 0.6 is 0 Å². The van der Waals surface area contributed by atoms with Crippen LogP contribution in [0.15, 0.2) is 0 Å². The quantitative estimate of drug-likeness (QED) is 0.748. The Kier molecular flexibility index (Phi) is 2.59. The van der Waals surface area contributed by atoms with Crippen molar-refractivity contribution in [3.63, 3.8) is 0 Å². The zero-order valence-electron chi connectivity index (χ0n) is 9.71. The Morgan fingerprint density at radius 3 is 3.00 bits per heavy atom. The van der Waals surface area contributed by atoms with Crippen LogP contribution in [-0.2, 0) is 12.8 Å². The minimum absolute atomic E-state index is 0.324. The highest BCUT2D eigenvalue weighted by Gasteiger charge is 2.24. The van der Waals surface area contributed by atoms with E-state index in [0.717, 1.165) is 19.5 Å². The summed E-state index contributed by atoms with van der Waals surface area (Å²) in [6, 6.07) is 0.324. The molecule has 1 aliphatic heterocycles. The van der Waals surface area contributed by atoms with E-state index in [1.165, 1.54) is 49.2 Å². The smallest absolute Gasteiger partial charge is 0.153 e. The molecule has 1 atom stereocenters. The van der Waals surface area contributed by atoms with Gasteiger partial charge in [0.15, 0.2) is 5.82 Å². The largest absolute Gasteiger partial charge is 0.353 e. The fraction of sp³-hybridized carbons (Fsp3) is 0.750. The first kappa shape index (κ1) is 10.1. The zero-order valence-corrected chi connectivity index (χ0v) is 9.71. The van der Waals surface area contributed by atoms with Gasteiger partial charge in [0.05, 0.1) is 0 Å². The van der Waals surface area contributed by atoms with Gasteiger partial charge in [-0.05, 0) is 38.5 Å². The minimum Gasteiger partial charge on any atom is -0.353 e. The van der Waals surface area contributed by atoms with Gasteiger partial charge < -0.3 is 10.6 Å². The highest BCUT2D eigenvalue weighted by molar-refractivity contribution is 5.50. The molecule has 0 bridgehead atoms. The van der Waals surface area contributed by atoms with Crippen LogP contribution < -0.4 is 10.6 Å². The lowest BCUT2D eigenvalue weighted by atomic mass is 9.96. The molecule has 2 heterocycles. The normalized spacial score (nSPS) is 25.6. The van der Waals surface area contributed by atoms with Crippen molar-refractivity contribution in [1.82, 2.24) is 10.2 Å². The number of aromatic nitrogens is 2. The van der Waals surface area contributed by atoms with E-state index in [2.05, 4.69) is 15.1 Å². The summed E-state index contributed by atoms with van der Waals surface area (Å²) in [5, 5.41) is 7.71. The van der Waals surface area contributed by atoms with Crippen molar-refractivity contribution in [1.29, 1.82) is 0 Å². The number of anilines is 1. The van der Waals surface area contributed by atoms with Crippen molar-refractivity contribution in [3.05, 3.63) is 11.3 Å². The number of aromatic amines is 1. The van der Waals surface area contributed by atoms with E-state index in [4.69, 9.17) is 5.73 Å². The molecule has 3 N–H and O–H groups in total. The van der Waals surface area contributed by atoms with Gasteiger partial charge in [-0.1, -0.05) is 0 Å². The molecule has 1 fully saturated rings. The average Bonchev–Trinajstić information content (AvgIpc) is 2.72. The van der Waals surface area contributed by atoms with Gasteiger partial charge >= 0.3 is 0 Å². The van der Waals surface area contributed by atoms with Crippen LogP contribution in [0.25, 0.3) is 0 Å². The number of aryl methyl sites for hydroxylation is 1. The van der Waals surface area contributed by atoms with E-state index < -0.39 is 0 Å². The first-order chi connectivity index (χ1) is 7.84. The lowest BCUT2D eigenvalue weighted by Crippen LogP contribution is -2.43. The van der Waals surface area contributed by atoms with E-state index in [1.807, 2.05) is 0 Å². The molecule has 1 aromatic rings. The maximum atomic E-state index is 6.03. The lowest BCUT2D eigenvalue weighted by molar-refractivity contribution is 0.501. The summed E-state index contributed by atoms with van der Waals surface area (Å²) in [6.07, 6.45) is 7.31. The Bertz CT molecular complexity index is 371. The summed E-state index contributed by atoms with van der Waals surface area (Å²) in [4.78, 5) is 2.37. The number of hydrogen-bond acceptors (Lipinski definition) is 3. The fourth-order valence-corrected chi connectivity index (χ4v) is 2.93. The second-order valence-electron chi connectivity index (χ2n) is 5.06. The number of rotatable bonds is 1. The molecule has 0 spiro atoms. The molecule has 3 rings (SSSR count). The minimum atomic E-state index is 0.324. The molecule has 1 aromatic heterocycles. The maximum Gasteiger partial charge on any atom is 0.153 e. The third-order valence-corrected chi connectivity index (χ3v) is 3.79. The van der Waals surface area contributed by atoms with Crippen molar-refractivity contribution in [2.24, 2.45) is 5.73 Å². The maximum absolute atomic E-state index is 6.03. The molecule has 0 aromatic carbocycles. The third-order valence-electron chi connectivity index (χ3n) is 3.79. The van der Waals surface area contributed by atoms with Gasteiger partial charge in [0.25, 0.3) is 0 Å². The van der Waals surface area contributed by atoms with Crippen LogP contribution in [0.3, 0.4) is 0 Å². The van der Waals surface area contributed by atoms with E-state index in [0.29, 0.717) is 6.04 Å². The van der Waals surface area contributed by atoms with Gasteiger partial charge in [0.1, 0.15) is 0 Å². The second-order valence-corrected chi connectivity index (χ2v) is 5.06. The van der Waals surface area contributed by atoms with Gasteiger partial charge in [0.2, 0.25) is 0 Å². The van der Waals surface area contributed by atoms with Crippen molar-refractivity contribution in [3.8, 4) is 0 Å². The molecule has 0 amide bonds. The Morgan fingerprint density at radius 1 is 1.25 bits per heavy atom. The van der Waals surface area contributed by atoms with Crippen molar-refractivity contribution in [2.75, 3.05) is 18.0 Å². The molecular weight excluding hydrogens is 200 g/mol. The Balaban J connectivity index is 1.85. The summed E-state index contributed by atoms with van der Waals surface area (Å²) in [6.45, 7) is 2.09. The molecule has 1 saturated heterocycles. The topological polar surface area (TPSA) is 57.9 Å². The molecular formula is C12H20N4. The zero-order chi connectivity index (χ0) is 11.0. The molecule has 4 heteroatoms. The van der Waals surface area contributed by atoms with Crippen LogP contribution in [0, 0.1) is 0 Å². The average molecular weight is 220 g/mol. The molecule has 16 heavy (non-hydrogen) atoms. The number of nitrogens with one attached hydrogen (secondary N) is 1. The van der Waals surface area contributed by atoms with Crippen LogP contribution in [0.5, 0.6) is 0 Å². The summed E-state index contributed by atoms with van der Waals surface area (Å²) in [5.74, 6) is 1.19. The first-order valence-corrected chi connectivity index (χ1v) is 6.41. The van der Waals surface area contributed by atoms with Crippen molar-refractivity contribution in [2.45, 2.75) is 44.6 Å². The van der Waals surface area contributed by atoms with Crippen LogP contribution in [0.4, 0.5) is 5.82 Å². The van der Waals surface area contributed by atoms with Gasteiger partial charge in [-0.3, -0.25) is 5.10 Å². The molecule has 1 unspecified atom stereocenters. The Labute approximate surface area is 96.2 Å².